The van der Waals surface area contributed by atoms with Crippen molar-refractivity contribution in [1.82, 2.24) is 4.90 Å². The average molecular weight is 179 g/mol. The lowest BCUT2D eigenvalue weighted by atomic mass is 10.1. The SMILES string of the molecule is CN1CCc2cc(C=O)oc2CC1. The second-order valence-electron chi connectivity index (χ2n) is 3.52. The molecule has 3 heteroatoms. The fourth-order valence-corrected chi connectivity index (χ4v) is 1.69. The summed E-state index contributed by atoms with van der Waals surface area (Å²) in [6, 6.07) is 1.86. The van der Waals surface area contributed by atoms with Gasteiger partial charge in [0.05, 0.1) is 0 Å². The number of fused-ring (bicyclic) bond motifs is 1. The summed E-state index contributed by atoms with van der Waals surface area (Å²) in [7, 11) is 2.10. The third-order valence-corrected chi connectivity index (χ3v) is 2.52. The molecule has 0 aliphatic carbocycles. The van der Waals surface area contributed by atoms with Gasteiger partial charge in [0.2, 0.25) is 0 Å². The molecule has 0 aromatic carbocycles. The molecule has 1 aliphatic rings. The van der Waals surface area contributed by atoms with Crippen LogP contribution in [0.5, 0.6) is 0 Å². The first kappa shape index (κ1) is 8.51. The number of furan rings is 1. The van der Waals surface area contributed by atoms with E-state index in [0.717, 1.165) is 38.0 Å². The Morgan fingerprint density at radius 1 is 1.46 bits per heavy atom. The molecule has 0 saturated heterocycles. The minimum Gasteiger partial charge on any atom is -0.458 e. The number of aldehydes is 1. The van der Waals surface area contributed by atoms with Gasteiger partial charge >= 0.3 is 0 Å². The fraction of sp³-hybridized carbons (Fsp3) is 0.500. The number of carbonyl (C=O) groups excluding carboxylic acids is 1. The summed E-state index contributed by atoms with van der Waals surface area (Å²) in [5, 5.41) is 0. The van der Waals surface area contributed by atoms with E-state index in [1.165, 1.54) is 5.56 Å². The monoisotopic (exact) mass is 179 g/mol. The lowest BCUT2D eigenvalue weighted by Crippen LogP contribution is -2.20. The largest absolute Gasteiger partial charge is 0.458 e. The summed E-state index contributed by atoms with van der Waals surface area (Å²) in [6.45, 7) is 2.06. The van der Waals surface area contributed by atoms with Gasteiger partial charge in [-0.1, -0.05) is 0 Å². The van der Waals surface area contributed by atoms with Crippen molar-refractivity contribution in [2.75, 3.05) is 20.1 Å². The van der Waals surface area contributed by atoms with Crippen molar-refractivity contribution in [2.24, 2.45) is 0 Å². The summed E-state index contributed by atoms with van der Waals surface area (Å²) in [4.78, 5) is 12.7. The molecule has 0 bridgehead atoms. The van der Waals surface area contributed by atoms with Crippen molar-refractivity contribution in [1.29, 1.82) is 0 Å². The molecule has 0 atom stereocenters. The van der Waals surface area contributed by atoms with Crippen LogP contribution in [-0.4, -0.2) is 31.3 Å². The Morgan fingerprint density at radius 2 is 2.23 bits per heavy atom. The molecule has 2 rings (SSSR count). The zero-order valence-corrected chi connectivity index (χ0v) is 7.75. The molecule has 0 amide bonds. The van der Waals surface area contributed by atoms with Gasteiger partial charge in [0.25, 0.3) is 0 Å². The molecular formula is C10H13NO2. The van der Waals surface area contributed by atoms with Crippen LogP contribution in [0.25, 0.3) is 0 Å². The van der Waals surface area contributed by atoms with Crippen LogP contribution in [-0.2, 0) is 12.8 Å². The van der Waals surface area contributed by atoms with E-state index in [9.17, 15) is 4.79 Å². The van der Waals surface area contributed by atoms with E-state index in [1.807, 2.05) is 6.07 Å². The molecule has 1 aliphatic heterocycles. The van der Waals surface area contributed by atoms with Gasteiger partial charge < -0.3 is 9.32 Å². The number of hydrogen-bond donors (Lipinski definition) is 0. The minimum atomic E-state index is 0.467. The second kappa shape index (κ2) is 3.34. The molecule has 13 heavy (non-hydrogen) atoms. The molecule has 0 spiro atoms. The maximum Gasteiger partial charge on any atom is 0.185 e. The minimum absolute atomic E-state index is 0.467. The van der Waals surface area contributed by atoms with E-state index in [0.29, 0.717) is 5.76 Å². The molecule has 3 nitrogen and oxygen atoms in total. The Labute approximate surface area is 77.3 Å². The number of carbonyl (C=O) groups is 1. The highest BCUT2D eigenvalue weighted by Gasteiger charge is 2.15. The molecule has 0 N–H and O–H groups in total. The van der Waals surface area contributed by atoms with Gasteiger partial charge in [-0.05, 0) is 25.1 Å². The quantitative estimate of drug-likeness (QED) is 0.606. The highest BCUT2D eigenvalue weighted by atomic mass is 16.3. The Balaban J connectivity index is 2.26. The molecule has 0 radical (unpaired) electrons. The van der Waals surface area contributed by atoms with E-state index in [1.54, 1.807) is 0 Å². The Hall–Kier alpha value is -1.09. The second-order valence-corrected chi connectivity index (χ2v) is 3.52. The maximum absolute atomic E-state index is 10.5. The highest BCUT2D eigenvalue weighted by molar-refractivity contribution is 5.71. The van der Waals surface area contributed by atoms with Gasteiger partial charge in [-0.2, -0.15) is 0 Å². The Bertz CT molecular complexity index is 291. The van der Waals surface area contributed by atoms with Gasteiger partial charge in [0, 0.05) is 19.5 Å². The zero-order chi connectivity index (χ0) is 9.26. The first-order chi connectivity index (χ1) is 6.29. The topological polar surface area (TPSA) is 33.5 Å². The number of hydrogen-bond acceptors (Lipinski definition) is 3. The molecule has 0 saturated carbocycles. The van der Waals surface area contributed by atoms with Gasteiger partial charge in [0.1, 0.15) is 5.76 Å². The van der Waals surface area contributed by atoms with Crippen molar-refractivity contribution >= 4 is 6.29 Å². The molecular weight excluding hydrogens is 166 g/mol. The summed E-state index contributed by atoms with van der Waals surface area (Å²) in [6.07, 6.45) is 2.68. The van der Waals surface area contributed by atoms with Gasteiger partial charge in [-0.15, -0.1) is 0 Å². The van der Waals surface area contributed by atoms with E-state index < -0.39 is 0 Å². The lowest BCUT2D eigenvalue weighted by molar-refractivity contribution is 0.109. The number of likely N-dealkylation sites (N-methyl/N-ethyl adjacent to an activating group) is 1. The predicted molar refractivity (Wildman–Crippen MR) is 49.0 cm³/mol. The third kappa shape index (κ3) is 1.65. The number of rotatable bonds is 1. The molecule has 0 fully saturated rings. The molecule has 0 unspecified atom stereocenters. The van der Waals surface area contributed by atoms with Crippen LogP contribution in [0, 0.1) is 0 Å². The lowest BCUT2D eigenvalue weighted by Gasteiger charge is -2.10. The molecule has 70 valence electrons. The first-order valence-electron chi connectivity index (χ1n) is 4.55. The van der Waals surface area contributed by atoms with Gasteiger partial charge in [0.15, 0.2) is 12.0 Å². The fourth-order valence-electron chi connectivity index (χ4n) is 1.69. The maximum atomic E-state index is 10.5. The van der Waals surface area contributed by atoms with E-state index in [4.69, 9.17) is 4.42 Å². The van der Waals surface area contributed by atoms with Crippen LogP contribution in [0.1, 0.15) is 21.9 Å². The van der Waals surface area contributed by atoms with E-state index in [-0.39, 0.29) is 0 Å². The van der Waals surface area contributed by atoms with Crippen molar-refractivity contribution in [3.05, 3.63) is 23.2 Å². The smallest absolute Gasteiger partial charge is 0.185 e. The van der Waals surface area contributed by atoms with E-state index in [2.05, 4.69) is 11.9 Å². The van der Waals surface area contributed by atoms with E-state index >= 15 is 0 Å². The van der Waals surface area contributed by atoms with Crippen LogP contribution in [0.3, 0.4) is 0 Å². The van der Waals surface area contributed by atoms with Crippen LogP contribution in [0.15, 0.2) is 10.5 Å². The van der Waals surface area contributed by atoms with Crippen molar-refractivity contribution in [3.63, 3.8) is 0 Å². The van der Waals surface area contributed by atoms with Crippen LogP contribution in [0.4, 0.5) is 0 Å². The summed E-state index contributed by atoms with van der Waals surface area (Å²) < 4.78 is 5.39. The first-order valence-corrected chi connectivity index (χ1v) is 4.55. The highest BCUT2D eigenvalue weighted by Crippen LogP contribution is 2.18. The van der Waals surface area contributed by atoms with Crippen molar-refractivity contribution in [3.8, 4) is 0 Å². The Morgan fingerprint density at radius 3 is 3.00 bits per heavy atom. The molecule has 2 heterocycles. The summed E-state index contributed by atoms with van der Waals surface area (Å²) >= 11 is 0. The Kier molecular flexibility index (Phi) is 2.19. The number of nitrogens with zero attached hydrogens (tertiary/aromatic N) is 1. The molecule has 1 aromatic heterocycles. The van der Waals surface area contributed by atoms with Crippen LogP contribution >= 0.6 is 0 Å². The summed E-state index contributed by atoms with van der Waals surface area (Å²) in [5.74, 6) is 1.46. The van der Waals surface area contributed by atoms with Crippen LogP contribution < -0.4 is 0 Å². The van der Waals surface area contributed by atoms with Crippen LogP contribution in [0.2, 0.25) is 0 Å². The van der Waals surface area contributed by atoms with Crippen molar-refractivity contribution < 1.29 is 9.21 Å². The predicted octanol–water partition coefficient (Wildman–Crippen LogP) is 1.12. The standard InChI is InChI=1S/C10H13NO2/c1-11-4-2-8-6-9(7-12)13-10(8)3-5-11/h6-7H,2-5H2,1H3. The zero-order valence-electron chi connectivity index (χ0n) is 7.75. The summed E-state index contributed by atoms with van der Waals surface area (Å²) in [5.41, 5.74) is 1.20. The van der Waals surface area contributed by atoms with Gasteiger partial charge in [-0.25, -0.2) is 0 Å². The molecule has 1 aromatic rings. The normalized spacial score (nSPS) is 17.9. The van der Waals surface area contributed by atoms with Crippen molar-refractivity contribution in [2.45, 2.75) is 12.8 Å². The average Bonchev–Trinajstić information content (AvgIpc) is 2.47. The van der Waals surface area contributed by atoms with Gasteiger partial charge in [-0.3, -0.25) is 4.79 Å². The third-order valence-electron chi connectivity index (χ3n) is 2.52.